The van der Waals surface area contributed by atoms with Gasteiger partial charge in [0.2, 0.25) is 0 Å². The first-order chi connectivity index (χ1) is 16.0. The van der Waals surface area contributed by atoms with Crippen LogP contribution < -0.4 is 15.4 Å². The predicted molar refractivity (Wildman–Crippen MR) is 134 cm³/mol. The average Bonchev–Trinajstić information content (AvgIpc) is 2.96. The number of carbonyl (C=O) groups is 1. The smallest absolute Gasteiger partial charge is 0.163 e. The lowest BCUT2D eigenvalue weighted by Crippen LogP contribution is -2.27. The lowest BCUT2D eigenvalue weighted by Gasteiger charge is -2.31. The Morgan fingerprint density at radius 1 is 0.879 bits per heavy atom. The maximum absolute atomic E-state index is 13.7. The number of halogens is 1. The molecule has 4 nitrogen and oxygen atoms in total. The van der Waals surface area contributed by atoms with Crippen LogP contribution in [0.5, 0.6) is 5.75 Å². The van der Waals surface area contributed by atoms with Crippen LogP contribution in [0.2, 0.25) is 5.02 Å². The number of hydrogen-bond acceptors (Lipinski definition) is 4. The monoisotopic (exact) mass is 458 g/mol. The van der Waals surface area contributed by atoms with Crippen molar-refractivity contribution in [1.82, 2.24) is 0 Å². The molecule has 0 spiro atoms. The van der Waals surface area contributed by atoms with E-state index in [2.05, 4.69) is 10.6 Å². The number of carbonyl (C=O) groups excluding carboxylic acids is 1. The Labute approximate surface area is 199 Å². The van der Waals surface area contributed by atoms with Crippen LogP contribution in [-0.4, -0.2) is 11.9 Å². The number of ether oxygens (including phenoxy) is 1. The molecule has 3 aromatic rings. The van der Waals surface area contributed by atoms with E-state index in [0.29, 0.717) is 17.9 Å². The highest BCUT2D eigenvalue weighted by Crippen LogP contribution is 2.46. The van der Waals surface area contributed by atoms with Crippen LogP contribution in [0.25, 0.3) is 0 Å². The summed E-state index contributed by atoms with van der Waals surface area (Å²) in [4.78, 5) is 13.7. The normalized spacial score (nSPS) is 19.8. The third kappa shape index (κ3) is 4.23. The lowest BCUT2D eigenvalue weighted by atomic mass is 9.78. The Morgan fingerprint density at radius 2 is 1.55 bits per heavy atom. The van der Waals surface area contributed by atoms with Gasteiger partial charge in [0.1, 0.15) is 5.75 Å². The minimum absolute atomic E-state index is 0.0300. The molecule has 1 aliphatic carbocycles. The molecule has 1 heterocycles. The fourth-order valence-corrected chi connectivity index (χ4v) is 5.12. The number of Topliss-reactive ketones (excluding diaryl/α,β-unsaturated/α-hetero) is 1. The van der Waals surface area contributed by atoms with Crippen LogP contribution in [-0.2, 0) is 4.79 Å². The molecule has 0 unspecified atom stereocenters. The molecule has 2 aliphatic rings. The molecule has 3 aromatic carbocycles. The van der Waals surface area contributed by atoms with Gasteiger partial charge in [0.05, 0.1) is 23.5 Å². The molecule has 0 radical (unpaired) electrons. The predicted octanol–water partition coefficient (Wildman–Crippen LogP) is 7.11. The molecular weight excluding hydrogens is 432 g/mol. The first kappa shape index (κ1) is 21.6. The second-order valence-electron chi connectivity index (χ2n) is 8.89. The Hall–Kier alpha value is -3.24. The molecule has 0 saturated carbocycles. The highest BCUT2D eigenvalue weighted by Gasteiger charge is 2.37. The lowest BCUT2D eigenvalue weighted by molar-refractivity contribution is -0.116. The number of hydrogen-bond donors (Lipinski definition) is 2. The van der Waals surface area contributed by atoms with Crippen LogP contribution >= 0.6 is 11.6 Å². The summed E-state index contributed by atoms with van der Waals surface area (Å²) >= 11 is 6.51. The number of allylic oxidation sites excluding steroid dienone is 1. The molecule has 1 aliphatic heterocycles. The van der Waals surface area contributed by atoms with Crippen molar-refractivity contribution in [2.24, 2.45) is 0 Å². The van der Waals surface area contributed by atoms with E-state index in [4.69, 9.17) is 16.3 Å². The van der Waals surface area contributed by atoms with Gasteiger partial charge in [0.25, 0.3) is 0 Å². The van der Waals surface area contributed by atoms with Gasteiger partial charge in [0, 0.05) is 28.3 Å². The van der Waals surface area contributed by atoms with E-state index < -0.39 is 0 Å². The van der Waals surface area contributed by atoms with E-state index in [-0.39, 0.29) is 23.8 Å². The standard InChI is InChI=1S/C28H27ClN2O2/c1-17(2)33-26-14-8-4-10-20(26)28-27-24(30-22-12-6-7-13-23(22)31-28)15-18(16-25(27)32)19-9-3-5-11-21(19)29/h3-14,17-18,28,30-31H,15-16H2,1-2H3/t18-,28+/m0/s1. The van der Waals surface area contributed by atoms with Crippen molar-refractivity contribution in [3.8, 4) is 5.75 Å². The zero-order valence-corrected chi connectivity index (χ0v) is 19.5. The molecule has 0 fully saturated rings. The zero-order valence-electron chi connectivity index (χ0n) is 18.8. The SMILES string of the molecule is CC(C)Oc1ccccc1[C@H]1Nc2ccccc2NC2=C1C(=O)C[C@@H](c1ccccc1Cl)C2. The van der Waals surface area contributed by atoms with Gasteiger partial charge < -0.3 is 15.4 Å². The maximum atomic E-state index is 13.7. The Balaban J connectivity index is 1.63. The molecule has 5 heteroatoms. The summed E-state index contributed by atoms with van der Waals surface area (Å²) in [7, 11) is 0. The summed E-state index contributed by atoms with van der Waals surface area (Å²) < 4.78 is 6.14. The molecule has 2 N–H and O–H groups in total. The molecule has 0 saturated heterocycles. The van der Waals surface area contributed by atoms with Crippen molar-refractivity contribution in [1.29, 1.82) is 0 Å². The van der Waals surface area contributed by atoms with E-state index >= 15 is 0 Å². The van der Waals surface area contributed by atoms with E-state index in [1.165, 1.54) is 0 Å². The van der Waals surface area contributed by atoms with E-state index in [9.17, 15) is 4.79 Å². The van der Waals surface area contributed by atoms with Crippen molar-refractivity contribution in [2.75, 3.05) is 10.6 Å². The van der Waals surface area contributed by atoms with E-state index in [1.54, 1.807) is 0 Å². The van der Waals surface area contributed by atoms with Crippen molar-refractivity contribution in [3.63, 3.8) is 0 Å². The van der Waals surface area contributed by atoms with Crippen LogP contribution in [0.3, 0.4) is 0 Å². The molecular formula is C28H27ClN2O2. The van der Waals surface area contributed by atoms with Crippen LogP contribution in [0, 0.1) is 0 Å². The quantitative estimate of drug-likeness (QED) is 0.437. The summed E-state index contributed by atoms with van der Waals surface area (Å²) in [6.07, 6.45) is 1.17. The van der Waals surface area contributed by atoms with Gasteiger partial charge in [-0.25, -0.2) is 0 Å². The first-order valence-corrected chi connectivity index (χ1v) is 11.8. The average molecular weight is 459 g/mol. The first-order valence-electron chi connectivity index (χ1n) is 11.4. The van der Waals surface area contributed by atoms with Crippen molar-refractivity contribution < 1.29 is 9.53 Å². The molecule has 0 aromatic heterocycles. The zero-order chi connectivity index (χ0) is 22.9. The number of benzene rings is 3. The third-order valence-corrected chi connectivity index (χ3v) is 6.59. The second-order valence-corrected chi connectivity index (χ2v) is 9.30. The number of nitrogens with one attached hydrogen (secondary N) is 2. The molecule has 168 valence electrons. The summed E-state index contributed by atoms with van der Waals surface area (Å²) in [5.74, 6) is 0.945. The third-order valence-electron chi connectivity index (χ3n) is 6.25. The Kier molecular flexibility index (Phi) is 5.86. The maximum Gasteiger partial charge on any atom is 0.163 e. The highest BCUT2D eigenvalue weighted by atomic mass is 35.5. The number of ketones is 1. The number of anilines is 2. The number of para-hydroxylation sites is 3. The van der Waals surface area contributed by atoms with Gasteiger partial charge in [-0.2, -0.15) is 0 Å². The molecule has 2 atom stereocenters. The second kappa shape index (κ2) is 8.95. The molecule has 33 heavy (non-hydrogen) atoms. The van der Waals surface area contributed by atoms with Gasteiger partial charge in [-0.1, -0.05) is 60.1 Å². The summed E-state index contributed by atoms with van der Waals surface area (Å²) in [5.41, 5.74) is 5.61. The fraction of sp³-hybridized carbons (Fsp3) is 0.250. The minimum Gasteiger partial charge on any atom is -0.491 e. The van der Waals surface area contributed by atoms with Gasteiger partial charge in [-0.05, 0) is 56.0 Å². The molecule has 0 bridgehead atoms. The summed E-state index contributed by atoms with van der Waals surface area (Å²) in [6.45, 7) is 4.03. The van der Waals surface area contributed by atoms with Crippen LogP contribution in [0.1, 0.15) is 49.8 Å². The Morgan fingerprint density at radius 3 is 2.30 bits per heavy atom. The number of fused-ring (bicyclic) bond motifs is 1. The topological polar surface area (TPSA) is 50.4 Å². The van der Waals surface area contributed by atoms with Gasteiger partial charge >= 0.3 is 0 Å². The van der Waals surface area contributed by atoms with Crippen LogP contribution in [0.4, 0.5) is 11.4 Å². The largest absolute Gasteiger partial charge is 0.491 e. The Bertz CT molecular complexity index is 1230. The molecule has 5 rings (SSSR count). The molecule has 0 amide bonds. The van der Waals surface area contributed by atoms with Crippen molar-refractivity contribution >= 4 is 28.8 Å². The van der Waals surface area contributed by atoms with Crippen molar-refractivity contribution in [2.45, 2.75) is 44.8 Å². The number of rotatable bonds is 4. The van der Waals surface area contributed by atoms with E-state index in [0.717, 1.165) is 39.5 Å². The highest BCUT2D eigenvalue weighted by molar-refractivity contribution is 6.31. The summed E-state index contributed by atoms with van der Waals surface area (Å²) in [6, 6.07) is 23.6. The van der Waals surface area contributed by atoms with Gasteiger partial charge in [-0.3, -0.25) is 4.79 Å². The van der Waals surface area contributed by atoms with Gasteiger partial charge in [-0.15, -0.1) is 0 Å². The van der Waals surface area contributed by atoms with Gasteiger partial charge in [0.15, 0.2) is 5.78 Å². The van der Waals surface area contributed by atoms with E-state index in [1.807, 2.05) is 86.6 Å². The summed E-state index contributed by atoms with van der Waals surface area (Å²) in [5, 5.41) is 7.93. The minimum atomic E-state index is -0.314. The van der Waals surface area contributed by atoms with Crippen molar-refractivity contribution in [3.05, 3.63) is 100 Å². The van der Waals surface area contributed by atoms with Crippen LogP contribution in [0.15, 0.2) is 84.1 Å². The fourth-order valence-electron chi connectivity index (χ4n) is 4.83.